The molecule has 1 heterocycles. The van der Waals surface area contributed by atoms with E-state index in [1.165, 1.54) is 5.38 Å². The van der Waals surface area contributed by atoms with E-state index in [0.717, 1.165) is 22.8 Å². The molecular weight excluding hydrogens is 318 g/mol. The molecule has 0 radical (unpaired) electrons. The summed E-state index contributed by atoms with van der Waals surface area (Å²) < 4.78 is 30.8. The summed E-state index contributed by atoms with van der Waals surface area (Å²) in [7, 11) is -2.95. The summed E-state index contributed by atoms with van der Waals surface area (Å²) in [4.78, 5) is 22.4. The third-order valence-electron chi connectivity index (χ3n) is 2.72. The van der Waals surface area contributed by atoms with Crippen molar-refractivity contribution in [2.24, 2.45) is 0 Å². The lowest BCUT2D eigenvalue weighted by Crippen LogP contribution is -2.41. The van der Waals surface area contributed by atoms with Crippen LogP contribution in [0.1, 0.15) is 29.1 Å². The normalized spacial score (nSPS) is 11.9. The van der Waals surface area contributed by atoms with Gasteiger partial charge in [0.05, 0.1) is 7.11 Å². The van der Waals surface area contributed by atoms with E-state index in [1.807, 2.05) is 0 Å². The van der Waals surface area contributed by atoms with E-state index in [1.54, 1.807) is 20.8 Å². The third kappa shape index (κ3) is 3.60. The predicted molar refractivity (Wildman–Crippen MR) is 77.1 cm³/mol. The molecule has 21 heavy (non-hydrogen) atoms. The van der Waals surface area contributed by atoms with Gasteiger partial charge < -0.3 is 9.84 Å². The van der Waals surface area contributed by atoms with Gasteiger partial charge in [0.25, 0.3) is 0 Å². The SMILES string of the molecule is COC(=O)c1scc(C)c1S(=O)(=O)N(CC(=O)O)C(C)C. The van der Waals surface area contributed by atoms with E-state index in [2.05, 4.69) is 4.74 Å². The van der Waals surface area contributed by atoms with Crippen molar-refractivity contribution in [1.29, 1.82) is 0 Å². The van der Waals surface area contributed by atoms with Gasteiger partial charge in [-0.1, -0.05) is 0 Å². The van der Waals surface area contributed by atoms with Gasteiger partial charge in [-0.2, -0.15) is 4.31 Å². The van der Waals surface area contributed by atoms with Crippen LogP contribution in [0.15, 0.2) is 10.3 Å². The maximum atomic E-state index is 12.7. The maximum absolute atomic E-state index is 12.7. The second-order valence-electron chi connectivity index (χ2n) is 4.61. The molecule has 0 bridgehead atoms. The highest BCUT2D eigenvalue weighted by Crippen LogP contribution is 2.30. The van der Waals surface area contributed by atoms with Crippen molar-refractivity contribution in [3.8, 4) is 0 Å². The van der Waals surface area contributed by atoms with Gasteiger partial charge in [-0.25, -0.2) is 13.2 Å². The van der Waals surface area contributed by atoms with Crippen LogP contribution in [0.4, 0.5) is 0 Å². The van der Waals surface area contributed by atoms with E-state index in [9.17, 15) is 18.0 Å². The monoisotopic (exact) mass is 335 g/mol. The van der Waals surface area contributed by atoms with Crippen LogP contribution in [0.5, 0.6) is 0 Å². The van der Waals surface area contributed by atoms with Crippen molar-refractivity contribution in [2.45, 2.75) is 31.7 Å². The van der Waals surface area contributed by atoms with Gasteiger partial charge in [-0.3, -0.25) is 4.79 Å². The summed E-state index contributed by atoms with van der Waals surface area (Å²) in [6.45, 7) is 4.02. The van der Waals surface area contributed by atoms with Crippen molar-refractivity contribution < 1.29 is 27.9 Å². The molecule has 0 aliphatic rings. The minimum absolute atomic E-state index is 0.0500. The predicted octanol–water partition coefficient (Wildman–Crippen LogP) is 1.33. The van der Waals surface area contributed by atoms with Gasteiger partial charge in [-0.05, 0) is 31.7 Å². The first-order chi connectivity index (χ1) is 9.62. The van der Waals surface area contributed by atoms with Crippen LogP contribution in [0.2, 0.25) is 0 Å². The Labute approximate surface area is 127 Å². The van der Waals surface area contributed by atoms with Gasteiger partial charge in [-0.15, -0.1) is 11.3 Å². The molecule has 0 aliphatic carbocycles. The van der Waals surface area contributed by atoms with Gasteiger partial charge >= 0.3 is 11.9 Å². The lowest BCUT2D eigenvalue weighted by molar-refractivity contribution is -0.137. The number of esters is 1. The van der Waals surface area contributed by atoms with Crippen LogP contribution in [0.25, 0.3) is 0 Å². The number of rotatable bonds is 6. The first kappa shape index (κ1) is 17.6. The van der Waals surface area contributed by atoms with Gasteiger partial charge in [0.15, 0.2) is 0 Å². The summed E-state index contributed by atoms with van der Waals surface area (Å²) in [5.41, 5.74) is 0.386. The number of hydrogen-bond donors (Lipinski definition) is 1. The number of carbonyl (C=O) groups excluding carboxylic acids is 1. The number of thiophene rings is 1. The smallest absolute Gasteiger partial charge is 0.349 e. The number of aryl methyl sites for hydroxylation is 1. The number of carboxylic acid groups (broad SMARTS) is 1. The lowest BCUT2D eigenvalue weighted by Gasteiger charge is -2.24. The Balaban J connectivity index is 3.45. The molecule has 0 unspecified atom stereocenters. The zero-order valence-corrected chi connectivity index (χ0v) is 13.7. The molecule has 0 amide bonds. The summed E-state index contributed by atoms with van der Waals surface area (Å²) in [6, 6.07) is -0.559. The highest BCUT2D eigenvalue weighted by Gasteiger charge is 2.35. The molecule has 9 heteroatoms. The number of sulfonamides is 1. The quantitative estimate of drug-likeness (QED) is 0.787. The van der Waals surface area contributed by atoms with E-state index < -0.39 is 34.5 Å². The van der Waals surface area contributed by atoms with Crippen molar-refractivity contribution in [3.63, 3.8) is 0 Å². The number of hydrogen-bond acceptors (Lipinski definition) is 6. The van der Waals surface area contributed by atoms with Gasteiger partial charge in [0, 0.05) is 6.04 Å². The van der Waals surface area contributed by atoms with Crippen LogP contribution in [-0.4, -0.2) is 49.5 Å². The first-order valence-corrected chi connectivity index (χ1v) is 8.35. The van der Waals surface area contributed by atoms with E-state index in [0.29, 0.717) is 5.56 Å². The van der Waals surface area contributed by atoms with Crippen molar-refractivity contribution in [3.05, 3.63) is 15.8 Å². The fourth-order valence-corrected chi connectivity index (χ4v) is 5.03. The second kappa shape index (κ2) is 6.54. The highest BCUT2D eigenvalue weighted by molar-refractivity contribution is 7.89. The van der Waals surface area contributed by atoms with Crippen molar-refractivity contribution in [1.82, 2.24) is 4.31 Å². The Hall–Kier alpha value is -1.45. The van der Waals surface area contributed by atoms with Gasteiger partial charge in [0.1, 0.15) is 16.3 Å². The zero-order valence-electron chi connectivity index (χ0n) is 12.1. The van der Waals surface area contributed by atoms with E-state index >= 15 is 0 Å². The topological polar surface area (TPSA) is 101 Å². The van der Waals surface area contributed by atoms with Crippen LogP contribution in [0.3, 0.4) is 0 Å². The molecule has 0 saturated carbocycles. The minimum Gasteiger partial charge on any atom is -0.480 e. The summed E-state index contributed by atoms with van der Waals surface area (Å²) in [5, 5.41) is 10.4. The molecule has 0 atom stereocenters. The molecule has 0 aliphatic heterocycles. The van der Waals surface area contributed by atoms with Crippen molar-refractivity contribution in [2.75, 3.05) is 13.7 Å². The Morgan fingerprint density at radius 3 is 2.43 bits per heavy atom. The van der Waals surface area contributed by atoms with E-state index in [4.69, 9.17) is 5.11 Å². The second-order valence-corrected chi connectivity index (χ2v) is 7.31. The molecule has 7 nitrogen and oxygen atoms in total. The van der Waals surface area contributed by atoms with Crippen LogP contribution in [-0.2, 0) is 19.6 Å². The molecule has 0 aromatic carbocycles. The van der Waals surface area contributed by atoms with E-state index in [-0.39, 0.29) is 9.77 Å². The number of ether oxygens (including phenoxy) is 1. The Kier molecular flexibility index (Phi) is 5.48. The fourth-order valence-electron chi connectivity index (χ4n) is 1.78. The summed E-state index contributed by atoms with van der Waals surface area (Å²) in [6.07, 6.45) is 0. The van der Waals surface area contributed by atoms with Crippen LogP contribution >= 0.6 is 11.3 Å². The highest BCUT2D eigenvalue weighted by atomic mass is 32.2. The molecule has 1 aromatic rings. The van der Waals surface area contributed by atoms with Crippen molar-refractivity contribution >= 4 is 33.3 Å². The van der Waals surface area contributed by atoms with Crippen LogP contribution in [0, 0.1) is 6.92 Å². The average Bonchev–Trinajstić information content (AvgIpc) is 2.77. The first-order valence-electron chi connectivity index (χ1n) is 6.03. The summed E-state index contributed by atoms with van der Waals surface area (Å²) in [5.74, 6) is -2.02. The number of carboxylic acids is 1. The Morgan fingerprint density at radius 2 is 2.00 bits per heavy atom. The fraction of sp³-hybridized carbons (Fsp3) is 0.500. The molecule has 1 rings (SSSR count). The minimum atomic E-state index is -4.11. The standard InChI is InChI=1S/C12H17NO6S2/c1-7(2)13(5-9(14)15)21(17,18)11-8(3)6-20-10(11)12(16)19-4/h6-7H,5H2,1-4H3,(H,14,15). The molecule has 1 N–H and O–H groups in total. The zero-order chi connectivity index (χ0) is 16.4. The average molecular weight is 335 g/mol. The molecule has 1 aromatic heterocycles. The van der Waals surface area contributed by atoms with Crippen LogP contribution < -0.4 is 0 Å². The summed E-state index contributed by atoms with van der Waals surface area (Å²) >= 11 is 0.956. The molecule has 0 fully saturated rings. The maximum Gasteiger partial charge on any atom is 0.349 e. The molecule has 0 spiro atoms. The number of methoxy groups -OCH3 is 1. The molecule has 0 saturated heterocycles. The lowest BCUT2D eigenvalue weighted by atomic mass is 10.3. The number of carbonyl (C=O) groups is 2. The molecule has 118 valence electrons. The Bertz CT molecular complexity index is 647. The number of nitrogens with zero attached hydrogens (tertiary/aromatic N) is 1. The third-order valence-corrected chi connectivity index (χ3v) is 6.14. The number of aliphatic carboxylic acids is 1. The Morgan fingerprint density at radius 1 is 1.43 bits per heavy atom. The van der Waals surface area contributed by atoms with Gasteiger partial charge in [0.2, 0.25) is 10.0 Å². The molecular formula is C12H17NO6S2. The largest absolute Gasteiger partial charge is 0.480 e.